The van der Waals surface area contributed by atoms with Gasteiger partial charge < -0.3 is 21.3 Å². The first-order valence-corrected chi connectivity index (χ1v) is 9.01. The van der Waals surface area contributed by atoms with Gasteiger partial charge in [-0.25, -0.2) is 0 Å². The van der Waals surface area contributed by atoms with Gasteiger partial charge >= 0.3 is 0 Å². The smallest absolute Gasteiger partial charge is 0.294 e. The standard InChI is InChI=1S/C18H22ClN5O3/c19-13-18(25)23-11-10-22-16-7-6-15(12-17(16)24(26)27)21-9-8-20-14-4-2-1-3-5-14/h1-7,12,20-22H,8-11,13H2,(H,23,25). The lowest BCUT2D eigenvalue weighted by molar-refractivity contribution is -0.383. The van der Waals surface area contributed by atoms with Crippen LogP contribution in [0.3, 0.4) is 0 Å². The van der Waals surface area contributed by atoms with E-state index >= 15 is 0 Å². The molecule has 2 aromatic carbocycles. The highest BCUT2D eigenvalue weighted by atomic mass is 35.5. The number of benzene rings is 2. The number of nitrogens with zero attached hydrogens (tertiary/aromatic N) is 1. The van der Waals surface area contributed by atoms with E-state index in [4.69, 9.17) is 11.6 Å². The molecule has 0 atom stereocenters. The monoisotopic (exact) mass is 391 g/mol. The molecule has 0 aliphatic carbocycles. The van der Waals surface area contributed by atoms with Gasteiger partial charge in [0.05, 0.1) is 4.92 Å². The van der Waals surface area contributed by atoms with E-state index in [-0.39, 0.29) is 17.5 Å². The van der Waals surface area contributed by atoms with Crippen LogP contribution in [0.15, 0.2) is 48.5 Å². The predicted octanol–water partition coefficient (Wildman–Crippen LogP) is 2.89. The number of anilines is 3. The zero-order valence-electron chi connectivity index (χ0n) is 14.7. The Hall–Kier alpha value is -3.00. The van der Waals surface area contributed by atoms with Crippen molar-refractivity contribution in [2.45, 2.75) is 0 Å². The first-order chi connectivity index (χ1) is 13.1. The maximum Gasteiger partial charge on any atom is 0.294 e. The Morgan fingerprint density at radius 2 is 1.59 bits per heavy atom. The number of hydrogen-bond donors (Lipinski definition) is 4. The molecular weight excluding hydrogens is 370 g/mol. The first-order valence-electron chi connectivity index (χ1n) is 8.48. The fraction of sp³-hybridized carbons (Fsp3) is 0.278. The van der Waals surface area contributed by atoms with Crippen LogP contribution in [0.4, 0.5) is 22.7 Å². The maximum atomic E-state index is 11.3. The number of halogens is 1. The third-order valence-electron chi connectivity index (χ3n) is 3.64. The van der Waals surface area contributed by atoms with E-state index in [1.807, 2.05) is 30.3 Å². The van der Waals surface area contributed by atoms with E-state index in [2.05, 4.69) is 21.3 Å². The SMILES string of the molecule is O=C(CCl)NCCNc1ccc(NCCNc2ccccc2)cc1[N+](=O)[O-]. The third-order valence-corrected chi connectivity index (χ3v) is 3.88. The van der Waals surface area contributed by atoms with Gasteiger partial charge in [0.2, 0.25) is 5.91 Å². The van der Waals surface area contributed by atoms with Crippen molar-refractivity contribution in [3.8, 4) is 0 Å². The summed E-state index contributed by atoms with van der Waals surface area (Å²) < 4.78 is 0. The number of nitrogens with one attached hydrogen (secondary N) is 4. The first kappa shape index (κ1) is 20.3. The molecule has 0 bridgehead atoms. The molecule has 2 rings (SSSR count). The molecule has 0 saturated heterocycles. The zero-order chi connectivity index (χ0) is 19.5. The van der Waals surface area contributed by atoms with E-state index in [1.165, 1.54) is 6.07 Å². The molecule has 0 aliphatic heterocycles. The van der Waals surface area contributed by atoms with E-state index in [1.54, 1.807) is 12.1 Å². The summed E-state index contributed by atoms with van der Waals surface area (Å²) in [6.07, 6.45) is 0. The number of alkyl halides is 1. The zero-order valence-corrected chi connectivity index (χ0v) is 15.5. The van der Waals surface area contributed by atoms with Crippen LogP contribution >= 0.6 is 11.6 Å². The molecule has 0 aromatic heterocycles. The largest absolute Gasteiger partial charge is 0.383 e. The highest BCUT2D eigenvalue weighted by molar-refractivity contribution is 6.27. The second-order valence-electron chi connectivity index (χ2n) is 5.62. The average Bonchev–Trinajstić information content (AvgIpc) is 2.69. The van der Waals surface area contributed by atoms with Crippen LogP contribution in [0.25, 0.3) is 0 Å². The highest BCUT2D eigenvalue weighted by Gasteiger charge is 2.14. The minimum absolute atomic E-state index is 0.0281. The molecule has 0 saturated carbocycles. The molecule has 27 heavy (non-hydrogen) atoms. The number of nitro benzene ring substituents is 1. The molecule has 0 spiro atoms. The van der Waals surface area contributed by atoms with Crippen LogP contribution in [0.5, 0.6) is 0 Å². The molecule has 0 unspecified atom stereocenters. The van der Waals surface area contributed by atoms with Crippen LogP contribution in [-0.4, -0.2) is 42.9 Å². The molecule has 1 amide bonds. The van der Waals surface area contributed by atoms with Crippen LogP contribution in [-0.2, 0) is 4.79 Å². The van der Waals surface area contributed by atoms with Crippen molar-refractivity contribution in [3.05, 3.63) is 58.6 Å². The Bertz CT molecular complexity index is 758. The Morgan fingerprint density at radius 1 is 0.926 bits per heavy atom. The second kappa shape index (κ2) is 10.9. The van der Waals surface area contributed by atoms with Gasteiger partial charge in [0.25, 0.3) is 5.69 Å². The molecule has 144 valence electrons. The minimum Gasteiger partial charge on any atom is -0.383 e. The Labute approximate surface area is 162 Å². The third kappa shape index (κ3) is 7.02. The van der Waals surface area contributed by atoms with Crippen molar-refractivity contribution in [1.29, 1.82) is 0 Å². The molecule has 2 aromatic rings. The van der Waals surface area contributed by atoms with Crippen LogP contribution in [0, 0.1) is 10.1 Å². The molecule has 0 heterocycles. The summed E-state index contributed by atoms with van der Waals surface area (Å²) >= 11 is 5.39. The summed E-state index contributed by atoms with van der Waals surface area (Å²) in [7, 11) is 0. The molecule has 0 radical (unpaired) electrons. The summed E-state index contributed by atoms with van der Waals surface area (Å²) in [5.41, 5.74) is 2.05. The Balaban J connectivity index is 1.84. The molecule has 0 aliphatic rings. The lowest BCUT2D eigenvalue weighted by Gasteiger charge is -2.11. The topological polar surface area (TPSA) is 108 Å². The van der Waals surface area contributed by atoms with E-state index < -0.39 is 4.92 Å². The van der Waals surface area contributed by atoms with Gasteiger partial charge in [0.15, 0.2) is 0 Å². The Kier molecular flexibility index (Phi) is 8.18. The number of para-hydroxylation sites is 1. The number of nitro groups is 1. The highest BCUT2D eigenvalue weighted by Crippen LogP contribution is 2.27. The summed E-state index contributed by atoms with van der Waals surface area (Å²) in [5.74, 6) is -0.392. The van der Waals surface area contributed by atoms with Gasteiger partial charge in [-0.2, -0.15) is 0 Å². The number of carbonyl (C=O) groups is 1. The maximum absolute atomic E-state index is 11.3. The number of hydrogen-bond acceptors (Lipinski definition) is 6. The normalized spacial score (nSPS) is 10.1. The van der Waals surface area contributed by atoms with Gasteiger partial charge in [-0.1, -0.05) is 18.2 Å². The van der Waals surface area contributed by atoms with Crippen molar-refractivity contribution in [3.63, 3.8) is 0 Å². The fourth-order valence-electron chi connectivity index (χ4n) is 2.36. The number of carbonyl (C=O) groups excluding carboxylic acids is 1. The van der Waals surface area contributed by atoms with Gasteiger partial charge in [0, 0.05) is 43.6 Å². The molecule has 0 fully saturated rings. The average molecular weight is 392 g/mol. The van der Waals surface area contributed by atoms with Gasteiger partial charge in [-0.15, -0.1) is 11.6 Å². The summed E-state index contributed by atoms with van der Waals surface area (Å²) in [6, 6.07) is 14.7. The van der Waals surface area contributed by atoms with Gasteiger partial charge in [-0.3, -0.25) is 14.9 Å². The van der Waals surface area contributed by atoms with Crippen molar-refractivity contribution in [2.24, 2.45) is 0 Å². The van der Waals surface area contributed by atoms with Crippen molar-refractivity contribution in [2.75, 3.05) is 48.0 Å². The Morgan fingerprint density at radius 3 is 2.26 bits per heavy atom. The quantitative estimate of drug-likeness (QED) is 0.203. The molecular formula is C18H22ClN5O3. The van der Waals surface area contributed by atoms with E-state index in [0.717, 1.165) is 5.69 Å². The van der Waals surface area contributed by atoms with Crippen molar-refractivity contribution in [1.82, 2.24) is 5.32 Å². The van der Waals surface area contributed by atoms with Crippen LogP contribution in [0.2, 0.25) is 0 Å². The lowest BCUT2D eigenvalue weighted by Crippen LogP contribution is -2.29. The lowest BCUT2D eigenvalue weighted by atomic mass is 10.2. The molecule has 4 N–H and O–H groups in total. The van der Waals surface area contributed by atoms with Crippen molar-refractivity contribution >= 4 is 40.3 Å². The van der Waals surface area contributed by atoms with Crippen LogP contribution in [0.1, 0.15) is 0 Å². The number of rotatable bonds is 11. The van der Waals surface area contributed by atoms with E-state index in [0.29, 0.717) is 37.6 Å². The minimum atomic E-state index is -0.437. The van der Waals surface area contributed by atoms with Gasteiger partial charge in [-0.05, 0) is 24.3 Å². The summed E-state index contributed by atoms with van der Waals surface area (Å²) in [4.78, 5) is 21.9. The summed E-state index contributed by atoms with van der Waals surface area (Å²) in [6.45, 7) is 1.98. The van der Waals surface area contributed by atoms with Gasteiger partial charge in [0.1, 0.15) is 11.6 Å². The second-order valence-corrected chi connectivity index (χ2v) is 5.89. The molecule has 9 heteroatoms. The summed E-state index contributed by atoms with van der Waals surface area (Å²) in [5, 5.41) is 23.3. The fourth-order valence-corrected chi connectivity index (χ4v) is 2.45. The van der Waals surface area contributed by atoms with Crippen molar-refractivity contribution < 1.29 is 9.72 Å². The van der Waals surface area contributed by atoms with E-state index in [9.17, 15) is 14.9 Å². The van der Waals surface area contributed by atoms with Crippen LogP contribution < -0.4 is 21.3 Å². The predicted molar refractivity (Wildman–Crippen MR) is 109 cm³/mol. The number of amides is 1. The molecule has 8 nitrogen and oxygen atoms in total.